The average molecular weight is 326 g/mol. The highest BCUT2D eigenvalue weighted by Gasteiger charge is 2.40. The van der Waals surface area contributed by atoms with Gasteiger partial charge in [-0.25, -0.2) is 8.42 Å². The zero-order chi connectivity index (χ0) is 14.9. The molecular formula is C14H18N2O3S2. The van der Waals surface area contributed by atoms with Crippen molar-refractivity contribution in [3.8, 4) is 0 Å². The summed E-state index contributed by atoms with van der Waals surface area (Å²) in [4.78, 5) is 12.5. The van der Waals surface area contributed by atoms with Crippen molar-refractivity contribution in [1.29, 1.82) is 0 Å². The molecule has 1 aromatic carbocycles. The summed E-state index contributed by atoms with van der Waals surface area (Å²) in [5, 5.41) is 2.88. The van der Waals surface area contributed by atoms with E-state index < -0.39 is 16.1 Å². The summed E-state index contributed by atoms with van der Waals surface area (Å²) in [6.45, 7) is 0.666. The van der Waals surface area contributed by atoms with Crippen LogP contribution in [0.3, 0.4) is 0 Å². The summed E-state index contributed by atoms with van der Waals surface area (Å²) in [6, 6.07) is 7.70. The molecule has 5 nitrogen and oxygen atoms in total. The lowest BCUT2D eigenvalue weighted by atomic mass is 10.3. The van der Waals surface area contributed by atoms with Crippen molar-refractivity contribution in [2.75, 3.05) is 18.2 Å². The largest absolute Gasteiger partial charge is 0.354 e. The molecule has 1 saturated heterocycles. The molecule has 1 atom stereocenters. The molecule has 1 aliphatic heterocycles. The molecule has 0 bridgehead atoms. The van der Waals surface area contributed by atoms with Crippen molar-refractivity contribution >= 4 is 27.7 Å². The third-order valence-corrected chi connectivity index (χ3v) is 6.80. The van der Waals surface area contributed by atoms with E-state index >= 15 is 0 Å². The van der Waals surface area contributed by atoms with Gasteiger partial charge < -0.3 is 5.32 Å². The first kappa shape index (κ1) is 14.9. The third-order valence-electron chi connectivity index (χ3n) is 3.76. The highest BCUT2D eigenvalue weighted by molar-refractivity contribution is 8.00. The molecule has 3 rings (SSSR count). The van der Waals surface area contributed by atoms with E-state index in [-0.39, 0.29) is 10.8 Å². The van der Waals surface area contributed by atoms with E-state index in [0.29, 0.717) is 24.1 Å². The summed E-state index contributed by atoms with van der Waals surface area (Å²) in [7, 11) is -3.60. The van der Waals surface area contributed by atoms with Gasteiger partial charge in [-0.05, 0) is 30.9 Å². The van der Waals surface area contributed by atoms with E-state index in [2.05, 4.69) is 5.32 Å². The molecule has 2 fully saturated rings. The maximum absolute atomic E-state index is 12.6. The Morgan fingerprint density at radius 3 is 2.67 bits per heavy atom. The first-order chi connectivity index (χ1) is 10.1. The summed E-state index contributed by atoms with van der Waals surface area (Å²) >= 11 is 1.48. The van der Waals surface area contributed by atoms with Crippen molar-refractivity contribution in [2.24, 2.45) is 5.92 Å². The Balaban J connectivity index is 1.75. The number of hydrogen-bond acceptors (Lipinski definition) is 4. The number of sulfonamides is 1. The average Bonchev–Trinajstić information content (AvgIpc) is 3.19. The molecule has 7 heteroatoms. The zero-order valence-corrected chi connectivity index (χ0v) is 13.2. The zero-order valence-electron chi connectivity index (χ0n) is 11.6. The maximum Gasteiger partial charge on any atom is 0.244 e. The van der Waals surface area contributed by atoms with E-state index in [1.165, 1.54) is 16.1 Å². The van der Waals surface area contributed by atoms with E-state index in [0.717, 1.165) is 12.8 Å². The van der Waals surface area contributed by atoms with Crippen LogP contribution in [-0.2, 0) is 14.8 Å². The van der Waals surface area contributed by atoms with E-state index in [1.54, 1.807) is 30.3 Å². The second-order valence-electron chi connectivity index (χ2n) is 5.41. The molecule has 0 radical (unpaired) electrons. The lowest BCUT2D eigenvalue weighted by molar-refractivity contribution is -0.123. The molecule has 1 amide bonds. The van der Waals surface area contributed by atoms with Gasteiger partial charge in [0.15, 0.2) is 0 Å². The Kier molecular flexibility index (Phi) is 4.24. The van der Waals surface area contributed by atoms with Crippen molar-refractivity contribution in [1.82, 2.24) is 9.62 Å². The van der Waals surface area contributed by atoms with E-state index in [1.807, 2.05) is 0 Å². The number of amides is 1. The minimum absolute atomic E-state index is 0.175. The molecule has 21 heavy (non-hydrogen) atoms. The predicted molar refractivity (Wildman–Crippen MR) is 82.3 cm³/mol. The molecular weight excluding hydrogens is 308 g/mol. The van der Waals surface area contributed by atoms with Gasteiger partial charge in [-0.3, -0.25) is 4.79 Å². The topological polar surface area (TPSA) is 66.5 Å². The number of hydrogen-bond donors (Lipinski definition) is 1. The quantitative estimate of drug-likeness (QED) is 0.885. The Morgan fingerprint density at radius 1 is 1.29 bits per heavy atom. The molecule has 1 aromatic rings. The standard InChI is InChI=1S/C14H18N2O3S2/c17-14(15-8-11-6-7-11)13-9-20-10-16(13)21(18,19)12-4-2-1-3-5-12/h1-5,11,13H,6-10H2,(H,15,17)/t13-/m0/s1. The predicted octanol–water partition coefficient (Wildman–Crippen LogP) is 1.28. The minimum Gasteiger partial charge on any atom is -0.354 e. The van der Waals surface area contributed by atoms with Gasteiger partial charge >= 0.3 is 0 Å². The SMILES string of the molecule is O=C(NCC1CC1)[C@@H]1CSCN1S(=O)(=O)c1ccccc1. The Morgan fingerprint density at radius 2 is 2.00 bits per heavy atom. The highest BCUT2D eigenvalue weighted by Crippen LogP contribution is 2.30. The number of carbonyl (C=O) groups excluding carboxylic acids is 1. The summed E-state index contributed by atoms with van der Waals surface area (Å²) in [5.74, 6) is 1.26. The molecule has 114 valence electrons. The van der Waals surface area contributed by atoms with Crippen LogP contribution in [-0.4, -0.2) is 42.8 Å². The molecule has 1 N–H and O–H groups in total. The van der Waals surface area contributed by atoms with Gasteiger partial charge in [-0.1, -0.05) is 18.2 Å². The van der Waals surface area contributed by atoms with Crippen LogP contribution < -0.4 is 5.32 Å². The second-order valence-corrected chi connectivity index (χ2v) is 8.30. The van der Waals surface area contributed by atoms with Gasteiger partial charge in [0.1, 0.15) is 6.04 Å². The van der Waals surface area contributed by atoms with Gasteiger partial charge in [0, 0.05) is 12.3 Å². The first-order valence-electron chi connectivity index (χ1n) is 7.01. The third kappa shape index (κ3) is 3.25. The molecule has 0 aromatic heterocycles. The number of nitrogens with one attached hydrogen (secondary N) is 1. The van der Waals surface area contributed by atoms with Gasteiger partial charge in [-0.2, -0.15) is 4.31 Å². The van der Waals surface area contributed by atoms with Gasteiger partial charge in [0.2, 0.25) is 15.9 Å². The van der Waals surface area contributed by atoms with Gasteiger partial charge in [0.25, 0.3) is 0 Å². The van der Waals surface area contributed by atoms with Crippen LogP contribution in [0.15, 0.2) is 35.2 Å². The van der Waals surface area contributed by atoms with Crippen LogP contribution in [0.1, 0.15) is 12.8 Å². The molecule has 1 heterocycles. The monoisotopic (exact) mass is 326 g/mol. The number of carbonyl (C=O) groups is 1. The Bertz CT molecular complexity index is 614. The lowest BCUT2D eigenvalue weighted by Gasteiger charge is -2.22. The van der Waals surface area contributed by atoms with Gasteiger partial charge in [0.05, 0.1) is 10.8 Å². The number of nitrogens with zero attached hydrogens (tertiary/aromatic N) is 1. The van der Waals surface area contributed by atoms with Crippen molar-refractivity contribution in [3.05, 3.63) is 30.3 Å². The lowest BCUT2D eigenvalue weighted by Crippen LogP contribution is -2.47. The normalized spacial score (nSPS) is 23.1. The highest BCUT2D eigenvalue weighted by atomic mass is 32.2. The van der Waals surface area contributed by atoms with Crippen LogP contribution >= 0.6 is 11.8 Å². The molecule has 2 aliphatic rings. The number of benzene rings is 1. The van der Waals surface area contributed by atoms with Gasteiger partial charge in [-0.15, -0.1) is 11.8 Å². The van der Waals surface area contributed by atoms with Crippen molar-refractivity contribution in [3.63, 3.8) is 0 Å². The van der Waals surface area contributed by atoms with Crippen LogP contribution in [0.2, 0.25) is 0 Å². The van der Waals surface area contributed by atoms with Crippen LogP contribution in [0.4, 0.5) is 0 Å². The number of thioether (sulfide) groups is 1. The first-order valence-corrected chi connectivity index (χ1v) is 9.61. The van der Waals surface area contributed by atoms with Crippen LogP contribution in [0.25, 0.3) is 0 Å². The smallest absolute Gasteiger partial charge is 0.244 e. The fourth-order valence-electron chi connectivity index (χ4n) is 2.28. The number of rotatable bonds is 5. The minimum atomic E-state index is -3.60. The summed E-state index contributed by atoms with van der Waals surface area (Å²) < 4.78 is 26.6. The van der Waals surface area contributed by atoms with Crippen molar-refractivity contribution < 1.29 is 13.2 Å². The molecule has 0 unspecified atom stereocenters. The second kappa shape index (κ2) is 5.98. The van der Waals surface area contributed by atoms with E-state index in [9.17, 15) is 13.2 Å². The van der Waals surface area contributed by atoms with Crippen LogP contribution in [0, 0.1) is 5.92 Å². The molecule has 0 spiro atoms. The van der Waals surface area contributed by atoms with E-state index in [4.69, 9.17) is 0 Å². The molecule has 1 saturated carbocycles. The fraction of sp³-hybridized carbons (Fsp3) is 0.500. The Labute approximate surface area is 129 Å². The fourth-order valence-corrected chi connectivity index (χ4v) is 5.45. The van der Waals surface area contributed by atoms with Crippen molar-refractivity contribution in [2.45, 2.75) is 23.8 Å². The molecule has 1 aliphatic carbocycles. The summed E-state index contributed by atoms with van der Waals surface area (Å²) in [5.41, 5.74) is 0. The Hall–Kier alpha value is -1.05. The van der Waals surface area contributed by atoms with Crippen LogP contribution in [0.5, 0.6) is 0 Å². The summed E-state index contributed by atoms with van der Waals surface area (Å²) in [6.07, 6.45) is 2.32. The maximum atomic E-state index is 12.6.